The van der Waals surface area contributed by atoms with Crippen molar-refractivity contribution in [2.75, 3.05) is 13.1 Å². The summed E-state index contributed by atoms with van der Waals surface area (Å²) in [6, 6.07) is 0. The van der Waals surface area contributed by atoms with Crippen molar-refractivity contribution in [2.24, 2.45) is 0 Å². The van der Waals surface area contributed by atoms with Crippen LogP contribution < -0.4 is 10.6 Å². The second-order valence-corrected chi connectivity index (χ2v) is 15.2. The Kier molecular flexibility index (Phi) is 42.2. The normalized spacial score (nSPS) is 11.6. The number of rotatable bonds is 41. The van der Waals surface area contributed by atoms with Gasteiger partial charge in [0.1, 0.15) is 0 Å². The van der Waals surface area contributed by atoms with Crippen molar-refractivity contribution in [3.8, 4) is 0 Å². The molecule has 2 N–H and O–H groups in total. The Balaban J connectivity index is 3.30. The Morgan fingerprint density at radius 3 is 0.800 bits per heavy atom. The number of hydrogen-bond donors (Lipinski definition) is 2. The molecule has 4 nitrogen and oxygen atoms in total. The van der Waals surface area contributed by atoms with Gasteiger partial charge < -0.3 is 10.6 Å². The van der Waals surface area contributed by atoms with E-state index < -0.39 is 0 Å². The average molecular weight is 701 g/mol. The van der Waals surface area contributed by atoms with E-state index in [-0.39, 0.29) is 11.8 Å². The lowest BCUT2D eigenvalue weighted by atomic mass is 10.1. The van der Waals surface area contributed by atoms with E-state index in [1.54, 1.807) is 0 Å². The summed E-state index contributed by atoms with van der Waals surface area (Å²) in [5.74, 6) is 0.242. The zero-order chi connectivity index (χ0) is 36.3. The highest BCUT2D eigenvalue weighted by atomic mass is 16.2. The van der Waals surface area contributed by atoms with Gasteiger partial charge in [0.05, 0.1) is 0 Å². The van der Waals surface area contributed by atoms with Gasteiger partial charge in [-0.25, -0.2) is 0 Å². The van der Waals surface area contributed by atoms with E-state index in [0.29, 0.717) is 25.9 Å². The van der Waals surface area contributed by atoms with Gasteiger partial charge in [-0.3, -0.25) is 9.59 Å². The van der Waals surface area contributed by atoms with E-state index in [1.165, 1.54) is 193 Å². The highest BCUT2D eigenvalue weighted by Gasteiger charge is 2.03. The van der Waals surface area contributed by atoms with Crippen LogP contribution in [0.3, 0.4) is 0 Å². The summed E-state index contributed by atoms with van der Waals surface area (Å²) in [4.78, 5) is 24.2. The zero-order valence-corrected chi connectivity index (χ0v) is 34.0. The van der Waals surface area contributed by atoms with Crippen molar-refractivity contribution < 1.29 is 9.59 Å². The van der Waals surface area contributed by atoms with E-state index in [4.69, 9.17) is 0 Å². The van der Waals surface area contributed by atoms with Gasteiger partial charge in [0.25, 0.3) is 0 Å². The summed E-state index contributed by atoms with van der Waals surface area (Å²) in [6.07, 6.45) is 55.3. The molecule has 0 rings (SSSR count). The summed E-state index contributed by atoms with van der Waals surface area (Å²) in [6.45, 7) is 5.63. The zero-order valence-electron chi connectivity index (χ0n) is 34.0. The van der Waals surface area contributed by atoms with E-state index in [2.05, 4.69) is 48.8 Å². The molecule has 0 aromatic carbocycles. The summed E-state index contributed by atoms with van der Waals surface area (Å²) in [5.41, 5.74) is 0. The lowest BCUT2D eigenvalue weighted by Gasteiger charge is -2.07. The largest absolute Gasteiger partial charge is 0.354 e. The third kappa shape index (κ3) is 42.6. The number of hydrogen-bond acceptors (Lipinski definition) is 2. The topological polar surface area (TPSA) is 58.2 Å². The lowest BCUT2D eigenvalue weighted by molar-refractivity contribution is -0.123. The standard InChI is InChI=1S/C46H88N2O2/c1-3-5-7-9-11-13-15-17-19-21-23-25-27-29-31-33-35-37-39-41-45(49)47-43-44-48-46(50)42-40-38-36-34-32-30-28-26-24-22-20-18-16-14-12-10-8-6-4-2/h17-20H,3-16,21-44H2,1-2H3,(H,47,49)(H,48,50). The fourth-order valence-corrected chi connectivity index (χ4v) is 6.71. The van der Waals surface area contributed by atoms with Gasteiger partial charge in [0, 0.05) is 25.9 Å². The Bertz CT molecular complexity index is 684. The fourth-order valence-electron chi connectivity index (χ4n) is 6.71. The molecule has 2 amide bonds. The van der Waals surface area contributed by atoms with Crippen LogP contribution in [0.4, 0.5) is 0 Å². The third-order valence-corrected chi connectivity index (χ3v) is 10.1. The van der Waals surface area contributed by atoms with Crippen molar-refractivity contribution in [1.29, 1.82) is 0 Å². The van der Waals surface area contributed by atoms with Crippen LogP contribution in [0.15, 0.2) is 24.3 Å². The van der Waals surface area contributed by atoms with E-state index in [0.717, 1.165) is 25.7 Å². The summed E-state index contributed by atoms with van der Waals surface area (Å²) in [5, 5.41) is 5.93. The first kappa shape index (κ1) is 48.4. The van der Waals surface area contributed by atoms with E-state index >= 15 is 0 Å². The molecular formula is C46H88N2O2. The summed E-state index contributed by atoms with van der Waals surface area (Å²) in [7, 11) is 0. The monoisotopic (exact) mass is 701 g/mol. The Morgan fingerprint density at radius 2 is 0.540 bits per heavy atom. The van der Waals surface area contributed by atoms with Crippen molar-refractivity contribution in [3.63, 3.8) is 0 Å². The molecule has 0 radical (unpaired) electrons. The van der Waals surface area contributed by atoms with Crippen LogP contribution in [0.5, 0.6) is 0 Å². The van der Waals surface area contributed by atoms with Crippen molar-refractivity contribution in [1.82, 2.24) is 10.6 Å². The minimum atomic E-state index is 0.121. The molecule has 0 fully saturated rings. The molecule has 0 spiro atoms. The smallest absolute Gasteiger partial charge is 0.220 e. The Hall–Kier alpha value is -1.58. The van der Waals surface area contributed by atoms with Gasteiger partial charge in [-0.2, -0.15) is 0 Å². The fraction of sp³-hybridized carbons (Fsp3) is 0.870. The molecule has 0 aliphatic rings. The molecule has 0 unspecified atom stereocenters. The van der Waals surface area contributed by atoms with Crippen LogP contribution in [0, 0.1) is 0 Å². The molecule has 0 aliphatic heterocycles. The first-order valence-electron chi connectivity index (χ1n) is 22.5. The predicted octanol–water partition coefficient (Wildman–Crippen LogP) is 14.4. The van der Waals surface area contributed by atoms with Gasteiger partial charge in [-0.15, -0.1) is 0 Å². The molecule has 0 saturated carbocycles. The van der Waals surface area contributed by atoms with Gasteiger partial charge in [0.2, 0.25) is 11.8 Å². The van der Waals surface area contributed by atoms with Gasteiger partial charge in [0.15, 0.2) is 0 Å². The molecule has 0 aromatic heterocycles. The number of carbonyl (C=O) groups is 2. The number of carbonyl (C=O) groups excluding carboxylic acids is 2. The molecule has 0 saturated heterocycles. The maximum atomic E-state index is 12.1. The SMILES string of the molecule is CCCCCCCCC=CCCCCCCCCCCCC(=O)NCCNC(=O)CCCCCCCCCCCC=CCCCCCCCC. The van der Waals surface area contributed by atoms with Crippen LogP contribution >= 0.6 is 0 Å². The molecule has 0 heterocycles. The molecule has 0 aromatic rings. The second-order valence-electron chi connectivity index (χ2n) is 15.2. The number of amides is 2. The molecule has 294 valence electrons. The maximum absolute atomic E-state index is 12.1. The number of unbranched alkanes of at least 4 members (excludes halogenated alkanes) is 30. The summed E-state index contributed by atoms with van der Waals surface area (Å²) >= 11 is 0. The quantitative estimate of drug-likeness (QED) is 0.0493. The molecular weight excluding hydrogens is 613 g/mol. The first-order chi connectivity index (χ1) is 24.7. The molecule has 50 heavy (non-hydrogen) atoms. The second kappa shape index (κ2) is 43.6. The van der Waals surface area contributed by atoms with Crippen LogP contribution in [0.25, 0.3) is 0 Å². The first-order valence-corrected chi connectivity index (χ1v) is 22.5. The molecule has 0 atom stereocenters. The van der Waals surface area contributed by atoms with Gasteiger partial charge in [-0.1, -0.05) is 192 Å². The third-order valence-electron chi connectivity index (χ3n) is 10.1. The highest BCUT2D eigenvalue weighted by molar-refractivity contribution is 5.77. The van der Waals surface area contributed by atoms with Gasteiger partial charge >= 0.3 is 0 Å². The maximum Gasteiger partial charge on any atom is 0.220 e. The molecule has 0 aliphatic carbocycles. The Labute approximate surface area is 313 Å². The predicted molar refractivity (Wildman–Crippen MR) is 222 cm³/mol. The minimum absolute atomic E-state index is 0.121. The van der Waals surface area contributed by atoms with E-state index in [1.807, 2.05) is 0 Å². The number of nitrogens with one attached hydrogen (secondary N) is 2. The summed E-state index contributed by atoms with van der Waals surface area (Å²) < 4.78 is 0. The van der Waals surface area contributed by atoms with Gasteiger partial charge in [-0.05, 0) is 64.2 Å². The molecule has 0 bridgehead atoms. The highest BCUT2D eigenvalue weighted by Crippen LogP contribution is 2.14. The van der Waals surface area contributed by atoms with Crippen molar-refractivity contribution in [2.45, 2.75) is 245 Å². The lowest BCUT2D eigenvalue weighted by Crippen LogP contribution is -2.34. The van der Waals surface area contributed by atoms with Crippen molar-refractivity contribution in [3.05, 3.63) is 24.3 Å². The Morgan fingerprint density at radius 1 is 0.320 bits per heavy atom. The minimum Gasteiger partial charge on any atom is -0.354 e. The van der Waals surface area contributed by atoms with Crippen LogP contribution in [0.2, 0.25) is 0 Å². The van der Waals surface area contributed by atoms with Crippen LogP contribution in [-0.4, -0.2) is 24.9 Å². The van der Waals surface area contributed by atoms with Crippen molar-refractivity contribution >= 4 is 11.8 Å². The van der Waals surface area contributed by atoms with Crippen LogP contribution in [0.1, 0.15) is 245 Å². The molecule has 4 heteroatoms. The number of allylic oxidation sites excluding steroid dienone is 4. The van der Waals surface area contributed by atoms with E-state index in [9.17, 15) is 9.59 Å². The van der Waals surface area contributed by atoms with Crippen LogP contribution in [-0.2, 0) is 9.59 Å². The average Bonchev–Trinajstić information content (AvgIpc) is 3.12.